The molecular weight excluding hydrogens is 228 g/mol. The van der Waals surface area contributed by atoms with Crippen molar-refractivity contribution in [3.05, 3.63) is 23.9 Å². The van der Waals surface area contributed by atoms with E-state index in [1.165, 1.54) is 0 Å². The quantitative estimate of drug-likeness (QED) is 0.760. The number of aromatic nitrogens is 1. The smallest absolute Gasteiger partial charge is 0.255 e. The molecular formula is C13H22N4O. The maximum Gasteiger partial charge on any atom is 0.255 e. The van der Waals surface area contributed by atoms with Crippen LogP contribution < -0.4 is 10.2 Å². The molecule has 18 heavy (non-hydrogen) atoms. The summed E-state index contributed by atoms with van der Waals surface area (Å²) in [4.78, 5) is 20.2. The van der Waals surface area contributed by atoms with Crippen molar-refractivity contribution in [3.63, 3.8) is 0 Å². The number of pyridine rings is 1. The molecule has 1 rings (SSSR count). The van der Waals surface area contributed by atoms with Gasteiger partial charge in [0.25, 0.3) is 5.91 Å². The number of anilines is 1. The first-order chi connectivity index (χ1) is 8.52. The third kappa shape index (κ3) is 4.33. The van der Waals surface area contributed by atoms with E-state index in [1.807, 2.05) is 33.1 Å². The van der Waals surface area contributed by atoms with Gasteiger partial charge in [0.1, 0.15) is 5.82 Å². The lowest BCUT2D eigenvalue weighted by molar-refractivity contribution is 0.0952. The maximum atomic E-state index is 12.0. The Labute approximate surface area is 109 Å². The van der Waals surface area contributed by atoms with Gasteiger partial charge in [-0.05, 0) is 39.2 Å². The molecule has 0 saturated heterocycles. The van der Waals surface area contributed by atoms with Gasteiger partial charge < -0.3 is 15.1 Å². The van der Waals surface area contributed by atoms with Crippen LogP contribution in [0.4, 0.5) is 5.82 Å². The third-order valence-electron chi connectivity index (χ3n) is 2.52. The van der Waals surface area contributed by atoms with Crippen LogP contribution in [-0.4, -0.2) is 57.1 Å². The third-order valence-corrected chi connectivity index (χ3v) is 2.52. The normalized spacial score (nSPS) is 10.5. The summed E-state index contributed by atoms with van der Waals surface area (Å²) in [5.74, 6) is 0.633. The van der Waals surface area contributed by atoms with Crippen LogP contribution in [0.25, 0.3) is 0 Å². The van der Waals surface area contributed by atoms with Crippen LogP contribution in [0.5, 0.6) is 0 Å². The Morgan fingerprint density at radius 3 is 2.67 bits per heavy atom. The number of nitrogens with zero attached hydrogens (tertiary/aromatic N) is 3. The predicted octanol–water partition coefficient (Wildman–Crippen LogP) is 0.829. The molecule has 0 spiro atoms. The molecule has 1 aromatic rings. The highest BCUT2D eigenvalue weighted by atomic mass is 16.1. The Morgan fingerprint density at radius 1 is 1.33 bits per heavy atom. The van der Waals surface area contributed by atoms with E-state index >= 15 is 0 Å². The van der Waals surface area contributed by atoms with Crippen LogP contribution in [0.2, 0.25) is 0 Å². The van der Waals surface area contributed by atoms with E-state index in [4.69, 9.17) is 0 Å². The second kappa shape index (κ2) is 6.96. The molecule has 1 heterocycles. The summed E-state index contributed by atoms with van der Waals surface area (Å²) in [5, 5.41) is 2.92. The van der Waals surface area contributed by atoms with E-state index in [0.717, 1.165) is 13.0 Å². The second-order valence-electron chi connectivity index (χ2n) is 4.68. The van der Waals surface area contributed by atoms with Gasteiger partial charge in [0, 0.05) is 26.8 Å². The minimum atomic E-state index is -0.0643. The van der Waals surface area contributed by atoms with Crippen LogP contribution in [-0.2, 0) is 0 Å². The lowest BCUT2D eigenvalue weighted by Gasteiger charge is -2.15. The average Bonchev–Trinajstić information content (AvgIpc) is 2.34. The molecule has 0 aliphatic rings. The van der Waals surface area contributed by atoms with Crippen LogP contribution in [0.1, 0.15) is 16.8 Å². The molecule has 0 aliphatic carbocycles. The molecule has 1 N–H and O–H groups in total. The van der Waals surface area contributed by atoms with E-state index in [0.29, 0.717) is 17.9 Å². The van der Waals surface area contributed by atoms with Gasteiger partial charge in [0.15, 0.2) is 0 Å². The van der Waals surface area contributed by atoms with Crippen LogP contribution >= 0.6 is 0 Å². The highest BCUT2D eigenvalue weighted by Crippen LogP contribution is 2.13. The number of nitrogens with one attached hydrogen (secondary N) is 1. The number of carbonyl (C=O) groups excluding carboxylic acids is 1. The van der Waals surface area contributed by atoms with Gasteiger partial charge >= 0.3 is 0 Å². The molecule has 0 bridgehead atoms. The molecule has 0 radical (unpaired) electrons. The Morgan fingerprint density at radius 2 is 2.06 bits per heavy atom. The lowest BCUT2D eigenvalue weighted by atomic mass is 10.2. The minimum Gasteiger partial charge on any atom is -0.362 e. The van der Waals surface area contributed by atoms with Gasteiger partial charge in [0.05, 0.1) is 5.56 Å². The summed E-state index contributed by atoms with van der Waals surface area (Å²) in [6.45, 7) is 1.65. The van der Waals surface area contributed by atoms with Crippen LogP contribution in [0.3, 0.4) is 0 Å². The van der Waals surface area contributed by atoms with Crippen LogP contribution in [0, 0.1) is 0 Å². The number of amides is 1. The molecule has 0 atom stereocenters. The predicted molar refractivity (Wildman–Crippen MR) is 74.1 cm³/mol. The summed E-state index contributed by atoms with van der Waals surface area (Å²) >= 11 is 0. The van der Waals surface area contributed by atoms with Gasteiger partial charge in [-0.25, -0.2) is 4.98 Å². The zero-order valence-corrected chi connectivity index (χ0v) is 11.6. The summed E-state index contributed by atoms with van der Waals surface area (Å²) < 4.78 is 0. The molecule has 1 aromatic heterocycles. The molecule has 0 aliphatic heterocycles. The van der Waals surface area contributed by atoms with Crippen molar-refractivity contribution in [1.29, 1.82) is 0 Å². The topological polar surface area (TPSA) is 48.5 Å². The van der Waals surface area contributed by atoms with Crippen molar-refractivity contribution in [3.8, 4) is 0 Å². The highest BCUT2D eigenvalue weighted by Gasteiger charge is 2.12. The van der Waals surface area contributed by atoms with E-state index in [9.17, 15) is 4.79 Å². The summed E-state index contributed by atoms with van der Waals surface area (Å²) in [6.07, 6.45) is 2.63. The monoisotopic (exact) mass is 250 g/mol. The second-order valence-corrected chi connectivity index (χ2v) is 4.68. The SMILES string of the molecule is CN(C)CCCNC(=O)c1cccnc1N(C)C. The summed E-state index contributed by atoms with van der Waals surface area (Å²) in [5.41, 5.74) is 0.618. The van der Waals surface area contributed by atoms with Gasteiger partial charge in [-0.3, -0.25) is 4.79 Å². The molecule has 0 unspecified atom stereocenters. The van der Waals surface area contributed by atoms with Crippen LogP contribution in [0.15, 0.2) is 18.3 Å². The van der Waals surface area contributed by atoms with E-state index in [-0.39, 0.29) is 5.91 Å². The number of hydrogen-bond acceptors (Lipinski definition) is 4. The number of carbonyl (C=O) groups is 1. The lowest BCUT2D eigenvalue weighted by Crippen LogP contribution is -2.28. The number of hydrogen-bond donors (Lipinski definition) is 1. The molecule has 100 valence electrons. The maximum absolute atomic E-state index is 12.0. The van der Waals surface area contributed by atoms with Gasteiger partial charge in [-0.15, -0.1) is 0 Å². The van der Waals surface area contributed by atoms with E-state index in [2.05, 4.69) is 15.2 Å². The zero-order chi connectivity index (χ0) is 13.5. The Balaban J connectivity index is 2.56. The zero-order valence-electron chi connectivity index (χ0n) is 11.6. The fourth-order valence-electron chi connectivity index (χ4n) is 1.62. The summed E-state index contributed by atoms with van der Waals surface area (Å²) in [7, 11) is 7.80. The van der Waals surface area contributed by atoms with E-state index < -0.39 is 0 Å². The molecule has 0 fully saturated rings. The minimum absolute atomic E-state index is 0.0643. The highest BCUT2D eigenvalue weighted by molar-refractivity contribution is 5.98. The fourth-order valence-corrected chi connectivity index (χ4v) is 1.62. The Kier molecular flexibility index (Phi) is 5.58. The van der Waals surface area contributed by atoms with Gasteiger partial charge in [-0.1, -0.05) is 0 Å². The van der Waals surface area contributed by atoms with Crippen molar-refractivity contribution < 1.29 is 4.79 Å². The first-order valence-electron chi connectivity index (χ1n) is 6.07. The van der Waals surface area contributed by atoms with E-state index in [1.54, 1.807) is 18.3 Å². The first-order valence-corrected chi connectivity index (χ1v) is 6.07. The molecule has 5 heteroatoms. The van der Waals surface area contributed by atoms with Crippen molar-refractivity contribution >= 4 is 11.7 Å². The Bertz CT molecular complexity index is 390. The molecule has 1 amide bonds. The standard InChI is InChI=1S/C13H22N4O/c1-16(2)10-6-9-15-13(18)11-7-5-8-14-12(11)17(3)4/h5,7-8H,6,9-10H2,1-4H3,(H,15,18). The summed E-state index contributed by atoms with van der Waals surface area (Å²) in [6, 6.07) is 3.57. The van der Waals surface area contributed by atoms with Crippen molar-refractivity contribution in [1.82, 2.24) is 15.2 Å². The largest absolute Gasteiger partial charge is 0.362 e. The molecule has 0 aromatic carbocycles. The van der Waals surface area contributed by atoms with Crippen molar-refractivity contribution in [2.24, 2.45) is 0 Å². The Hall–Kier alpha value is -1.62. The van der Waals surface area contributed by atoms with Crippen molar-refractivity contribution in [2.75, 3.05) is 46.2 Å². The van der Waals surface area contributed by atoms with Gasteiger partial charge in [-0.2, -0.15) is 0 Å². The van der Waals surface area contributed by atoms with Crippen molar-refractivity contribution in [2.45, 2.75) is 6.42 Å². The average molecular weight is 250 g/mol. The molecule has 5 nitrogen and oxygen atoms in total. The first kappa shape index (κ1) is 14.4. The fraction of sp³-hybridized carbons (Fsp3) is 0.538. The molecule has 0 saturated carbocycles. The number of rotatable bonds is 6. The van der Waals surface area contributed by atoms with Gasteiger partial charge in [0.2, 0.25) is 0 Å².